The van der Waals surface area contributed by atoms with Crippen LogP contribution in [0.3, 0.4) is 0 Å². The minimum Gasteiger partial charge on any atom is -0.453 e. The number of carbonyl (C=O) groups is 2. The van der Waals surface area contributed by atoms with Gasteiger partial charge in [-0.3, -0.25) is 14.6 Å². The summed E-state index contributed by atoms with van der Waals surface area (Å²) in [6.45, 7) is 1.32. The highest BCUT2D eigenvalue weighted by molar-refractivity contribution is 5.95. The van der Waals surface area contributed by atoms with E-state index in [1.807, 2.05) is 0 Å². The summed E-state index contributed by atoms with van der Waals surface area (Å²) < 4.78 is 36.8. The molecule has 10 heteroatoms. The highest BCUT2D eigenvalue weighted by Gasteiger charge is 2.20. The fourth-order valence-electron chi connectivity index (χ4n) is 2.30. The molecule has 0 aliphatic heterocycles. The lowest BCUT2D eigenvalue weighted by atomic mass is 10.2. The zero-order valence-electron chi connectivity index (χ0n) is 15.3. The zero-order chi connectivity index (χ0) is 20.8. The molecule has 2 heterocycles. The molecule has 150 valence electrons. The van der Waals surface area contributed by atoms with Gasteiger partial charge in [0.1, 0.15) is 17.3 Å². The van der Waals surface area contributed by atoms with Crippen molar-refractivity contribution in [2.75, 3.05) is 5.32 Å². The Balaban J connectivity index is 1.49. The molecule has 29 heavy (non-hydrogen) atoms. The Hall–Kier alpha value is -3.69. The smallest absolute Gasteiger partial charge is 0.307 e. The van der Waals surface area contributed by atoms with Gasteiger partial charge in [-0.1, -0.05) is 11.2 Å². The number of pyridine rings is 1. The molecule has 0 radical (unpaired) electrons. The van der Waals surface area contributed by atoms with Crippen molar-refractivity contribution in [2.45, 2.75) is 25.9 Å². The third kappa shape index (κ3) is 5.41. The quantitative estimate of drug-likeness (QED) is 0.606. The third-order valence-electron chi connectivity index (χ3n) is 3.77. The van der Waals surface area contributed by atoms with Crippen LogP contribution in [0.2, 0.25) is 0 Å². The van der Waals surface area contributed by atoms with Crippen LogP contribution in [0.4, 0.5) is 14.5 Å². The Morgan fingerprint density at radius 3 is 2.83 bits per heavy atom. The second kappa shape index (κ2) is 9.00. The van der Waals surface area contributed by atoms with Gasteiger partial charge in [0.15, 0.2) is 6.10 Å². The zero-order valence-corrected chi connectivity index (χ0v) is 15.3. The molecule has 0 aliphatic rings. The lowest BCUT2D eigenvalue weighted by molar-refractivity contribution is -0.153. The van der Waals surface area contributed by atoms with Crippen molar-refractivity contribution in [2.24, 2.45) is 0 Å². The van der Waals surface area contributed by atoms with Gasteiger partial charge >= 0.3 is 5.97 Å². The first-order valence-corrected chi connectivity index (χ1v) is 8.62. The average molecular weight is 402 g/mol. The molecular formula is C19H16F2N4O4. The van der Waals surface area contributed by atoms with Gasteiger partial charge in [-0.2, -0.15) is 4.98 Å². The Morgan fingerprint density at radius 2 is 2.07 bits per heavy atom. The van der Waals surface area contributed by atoms with Crippen molar-refractivity contribution in [3.8, 4) is 11.5 Å². The minimum atomic E-state index is -1.21. The number of hydrogen-bond donors (Lipinski definition) is 1. The first-order chi connectivity index (χ1) is 13.9. The SMILES string of the molecule is CC(OC(=O)CCc1nc(-c2ccccn2)no1)C(=O)Nc1cc(F)ccc1F. The Bertz CT molecular complexity index is 1010. The number of benzene rings is 1. The van der Waals surface area contributed by atoms with E-state index in [1.54, 1.807) is 24.4 Å². The number of ether oxygens (including phenoxy) is 1. The van der Waals surface area contributed by atoms with Crippen LogP contribution in [0.5, 0.6) is 0 Å². The van der Waals surface area contributed by atoms with Gasteiger partial charge in [0, 0.05) is 18.7 Å². The van der Waals surface area contributed by atoms with E-state index in [9.17, 15) is 18.4 Å². The number of hydrogen-bond acceptors (Lipinski definition) is 7. The van der Waals surface area contributed by atoms with Crippen molar-refractivity contribution in [1.82, 2.24) is 15.1 Å². The fraction of sp³-hybridized carbons (Fsp3) is 0.211. The molecule has 2 aromatic heterocycles. The molecule has 1 aromatic carbocycles. The number of anilines is 1. The first kappa shape index (κ1) is 20.1. The number of aryl methyl sites for hydroxylation is 1. The molecule has 8 nitrogen and oxygen atoms in total. The van der Waals surface area contributed by atoms with Gasteiger partial charge in [0.05, 0.1) is 12.1 Å². The van der Waals surface area contributed by atoms with E-state index in [-0.39, 0.29) is 24.4 Å². The van der Waals surface area contributed by atoms with E-state index in [2.05, 4.69) is 20.4 Å². The highest BCUT2D eigenvalue weighted by atomic mass is 19.1. The number of rotatable bonds is 7. The number of halogens is 2. The molecule has 0 spiro atoms. The van der Waals surface area contributed by atoms with Crippen molar-refractivity contribution in [1.29, 1.82) is 0 Å². The van der Waals surface area contributed by atoms with Crippen LogP contribution in [-0.2, 0) is 20.7 Å². The summed E-state index contributed by atoms with van der Waals surface area (Å²) in [5.74, 6) is -2.50. The van der Waals surface area contributed by atoms with Crippen molar-refractivity contribution in [3.05, 3.63) is 60.1 Å². The van der Waals surface area contributed by atoms with Crippen molar-refractivity contribution < 1.29 is 27.6 Å². The maximum Gasteiger partial charge on any atom is 0.307 e. The van der Waals surface area contributed by atoms with Gasteiger partial charge in [-0.15, -0.1) is 0 Å². The lowest BCUT2D eigenvalue weighted by Crippen LogP contribution is -2.30. The van der Waals surface area contributed by atoms with Crippen LogP contribution in [0.25, 0.3) is 11.5 Å². The molecule has 0 saturated carbocycles. The maximum absolute atomic E-state index is 13.6. The molecule has 3 aromatic rings. The second-order valence-corrected chi connectivity index (χ2v) is 5.97. The van der Waals surface area contributed by atoms with E-state index in [4.69, 9.17) is 9.26 Å². The predicted octanol–water partition coefficient (Wildman–Crippen LogP) is 2.91. The number of amides is 1. The lowest BCUT2D eigenvalue weighted by Gasteiger charge is -2.13. The molecule has 0 bridgehead atoms. The molecular weight excluding hydrogens is 386 g/mol. The first-order valence-electron chi connectivity index (χ1n) is 8.62. The average Bonchev–Trinajstić information content (AvgIpc) is 3.19. The second-order valence-electron chi connectivity index (χ2n) is 5.97. The summed E-state index contributed by atoms with van der Waals surface area (Å²) in [6, 6.07) is 7.87. The number of esters is 1. The predicted molar refractivity (Wildman–Crippen MR) is 96.4 cm³/mol. The molecule has 0 saturated heterocycles. The summed E-state index contributed by atoms with van der Waals surface area (Å²) in [7, 11) is 0. The largest absolute Gasteiger partial charge is 0.453 e. The Kier molecular flexibility index (Phi) is 6.22. The van der Waals surface area contributed by atoms with Crippen molar-refractivity contribution >= 4 is 17.6 Å². The van der Waals surface area contributed by atoms with E-state index >= 15 is 0 Å². The van der Waals surface area contributed by atoms with E-state index in [0.29, 0.717) is 11.5 Å². The Morgan fingerprint density at radius 1 is 1.24 bits per heavy atom. The third-order valence-corrected chi connectivity index (χ3v) is 3.77. The van der Waals surface area contributed by atoms with Gasteiger partial charge in [0.25, 0.3) is 5.91 Å². The van der Waals surface area contributed by atoms with Crippen LogP contribution in [0.1, 0.15) is 19.2 Å². The van der Waals surface area contributed by atoms with E-state index in [0.717, 1.165) is 18.2 Å². The number of carbonyl (C=O) groups excluding carboxylic acids is 2. The summed E-state index contributed by atoms with van der Waals surface area (Å²) in [5, 5.41) is 5.96. The monoisotopic (exact) mass is 402 g/mol. The number of nitrogens with one attached hydrogen (secondary N) is 1. The van der Waals surface area contributed by atoms with E-state index < -0.39 is 29.6 Å². The van der Waals surface area contributed by atoms with Crippen LogP contribution >= 0.6 is 0 Å². The van der Waals surface area contributed by atoms with Crippen LogP contribution < -0.4 is 5.32 Å². The van der Waals surface area contributed by atoms with Gasteiger partial charge in [0.2, 0.25) is 11.7 Å². The topological polar surface area (TPSA) is 107 Å². The van der Waals surface area contributed by atoms with Crippen LogP contribution in [-0.4, -0.2) is 33.1 Å². The van der Waals surface area contributed by atoms with Crippen LogP contribution in [0, 0.1) is 11.6 Å². The highest BCUT2D eigenvalue weighted by Crippen LogP contribution is 2.16. The van der Waals surface area contributed by atoms with Gasteiger partial charge in [-0.05, 0) is 31.2 Å². The fourth-order valence-corrected chi connectivity index (χ4v) is 2.30. The maximum atomic E-state index is 13.6. The number of aromatic nitrogens is 3. The molecule has 1 atom stereocenters. The summed E-state index contributed by atoms with van der Waals surface area (Å²) in [4.78, 5) is 32.2. The Labute approximate surface area is 163 Å². The molecule has 0 fully saturated rings. The molecule has 1 N–H and O–H groups in total. The van der Waals surface area contributed by atoms with Crippen LogP contribution in [0.15, 0.2) is 47.1 Å². The van der Waals surface area contributed by atoms with Gasteiger partial charge in [-0.25, -0.2) is 8.78 Å². The summed E-state index contributed by atoms with van der Waals surface area (Å²) >= 11 is 0. The normalized spacial score (nSPS) is 11.7. The molecule has 1 unspecified atom stereocenters. The van der Waals surface area contributed by atoms with E-state index in [1.165, 1.54) is 6.92 Å². The van der Waals surface area contributed by atoms with Crippen molar-refractivity contribution in [3.63, 3.8) is 0 Å². The number of nitrogens with zero attached hydrogens (tertiary/aromatic N) is 3. The molecule has 0 aliphatic carbocycles. The standard InChI is InChI=1S/C19H16F2N4O4/c1-11(19(27)23-15-10-12(20)5-6-13(15)21)28-17(26)8-7-16-24-18(25-29-16)14-4-2-3-9-22-14/h2-6,9-11H,7-8H2,1H3,(H,23,27). The molecule has 1 amide bonds. The summed E-state index contributed by atoms with van der Waals surface area (Å²) in [5.41, 5.74) is 0.186. The molecule has 3 rings (SSSR count). The summed E-state index contributed by atoms with van der Waals surface area (Å²) in [6.07, 6.45) is 0.364. The van der Waals surface area contributed by atoms with Gasteiger partial charge < -0.3 is 14.6 Å². The minimum absolute atomic E-state index is 0.103.